The third-order valence-corrected chi connectivity index (χ3v) is 3.96. The van der Waals surface area contributed by atoms with Gasteiger partial charge in [-0.15, -0.1) is 11.3 Å². The highest BCUT2D eigenvalue weighted by Gasteiger charge is 2.10. The van der Waals surface area contributed by atoms with E-state index in [2.05, 4.69) is 43.5 Å². The Morgan fingerprint density at radius 2 is 2.06 bits per heavy atom. The van der Waals surface area contributed by atoms with Crippen molar-refractivity contribution in [1.82, 2.24) is 0 Å². The number of hydrogen-bond acceptors (Lipinski definition) is 2. The predicted octanol–water partition coefficient (Wildman–Crippen LogP) is 4.03. The van der Waals surface area contributed by atoms with Crippen LogP contribution in [0.3, 0.4) is 0 Å². The summed E-state index contributed by atoms with van der Waals surface area (Å²) >= 11 is 1.76. The molecule has 0 aliphatic rings. The molecular formula is C15H18OS. The summed E-state index contributed by atoms with van der Waals surface area (Å²) < 4.78 is 0. The fourth-order valence-electron chi connectivity index (χ4n) is 2.09. The maximum Gasteiger partial charge on any atom is 0.0796 e. The molecule has 0 radical (unpaired) electrons. The highest BCUT2D eigenvalue weighted by Crippen LogP contribution is 2.24. The summed E-state index contributed by atoms with van der Waals surface area (Å²) in [6.45, 7) is 4.14. The first-order valence-corrected chi connectivity index (χ1v) is 6.82. The van der Waals surface area contributed by atoms with Crippen molar-refractivity contribution in [3.05, 3.63) is 57.3 Å². The van der Waals surface area contributed by atoms with Crippen molar-refractivity contribution in [2.75, 3.05) is 0 Å². The summed E-state index contributed by atoms with van der Waals surface area (Å²) in [6, 6.07) is 10.4. The Bertz CT molecular complexity index is 474. The van der Waals surface area contributed by atoms with E-state index in [1.54, 1.807) is 11.3 Å². The normalized spacial score (nSPS) is 12.6. The molecule has 1 unspecified atom stereocenters. The van der Waals surface area contributed by atoms with Crippen molar-refractivity contribution < 1.29 is 5.11 Å². The average molecular weight is 246 g/mol. The van der Waals surface area contributed by atoms with E-state index in [1.807, 2.05) is 6.07 Å². The second kappa shape index (κ2) is 5.48. The lowest BCUT2D eigenvalue weighted by Gasteiger charge is -2.13. The van der Waals surface area contributed by atoms with Gasteiger partial charge in [0.1, 0.15) is 0 Å². The third kappa shape index (κ3) is 3.18. The maximum atomic E-state index is 10.2. The average Bonchev–Trinajstić information content (AvgIpc) is 2.78. The van der Waals surface area contributed by atoms with Crippen LogP contribution in [-0.2, 0) is 6.42 Å². The van der Waals surface area contributed by atoms with Gasteiger partial charge in [0.05, 0.1) is 6.10 Å². The van der Waals surface area contributed by atoms with Gasteiger partial charge in [-0.3, -0.25) is 0 Å². The molecule has 1 nitrogen and oxygen atoms in total. The van der Waals surface area contributed by atoms with Crippen LogP contribution in [0, 0.1) is 13.8 Å². The van der Waals surface area contributed by atoms with Crippen LogP contribution in [0.1, 0.15) is 34.1 Å². The van der Waals surface area contributed by atoms with Gasteiger partial charge < -0.3 is 5.11 Å². The number of aliphatic hydroxyl groups excluding tert-OH is 1. The molecule has 0 aliphatic carbocycles. The molecule has 0 saturated carbocycles. The SMILES string of the molecule is Cc1ccc(C(O)CCc2cccs2)c(C)c1. The van der Waals surface area contributed by atoms with Gasteiger partial charge in [-0.1, -0.05) is 29.8 Å². The van der Waals surface area contributed by atoms with E-state index in [-0.39, 0.29) is 6.10 Å². The second-order valence-corrected chi connectivity index (χ2v) is 5.53. The van der Waals surface area contributed by atoms with Gasteiger partial charge in [0.25, 0.3) is 0 Å². The molecule has 0 aliphatic heterocycles. The van der Waals surface area contributed by atoms with Crippen LogP contribution in [0.15, 0.2) is 35.7 Å². The molecule has 1 aromatic carbocycles. The van der Waals surface area contributed by atoms with Crippen LogP contribution >= 0.6 is 11.3 Å². The van der Waals surface area contributed by atoms with Crippen molar-refractivity contribution in [3.8, 4) is 0 Å². The van der Waals surface area contributed by atoms with Crippen molar-refractivity contribution in [1.29, 1.82) is 0 Å². The molecule has 2 rings (SSSR count). The minimum atomic E-state index is -0.349. The summed E-state index contributed by atoms with van der Waals surface area (Å²) in [6.07, 6.45) is 1.40. The first-order valence-electron chi connectivity index (χ1n) is 5.94. The van der Waals surface area contributed by atoms with Crippen LogP contribution in [0.5, 0.6) is 0 Å². The summed E-state index contributed by atoms with van der Waals surface area (Å²) in [7, 11) is 0. The molecule has 0 fully saturated rings. The van der Waals surface area contributed by atoms with Gasteiger partial charge in [0.15, 0.2) is 0 Å². The molecule has 1 N–H and O–H groups in total. The summed E-state index contributed by atoms with van der Waals surface area (Å²) in [5, 5.41) is 12.3. The largest absolute Gasteiger partial charge is 0.388 e. The fourth-order valence-corrected chi connectivity index (χ4v) is 2.81. The number of rotatable bonds is 4. The van der Waals surface area contributed by atoms with E-state index in [0.717, 1.165) is 18.4 Å². The molecule has 90 valence electrons. The van der Waals surface area contributed by atoms with Crippen molar-refractivity contribution in [2.45, 2.75) is 32.8 Å². The Hall–Kier alpha value is -1.12. The van der Waals surface area contributed by atoms with Crippen LogP contribution in [0.4, 0.5) is 0 Å². The molecule has 1 aromatic heterocycles. The standard InChI is InChI=1S/C15H18OS/c1-11-5-7-14(12(2)10-11)15(16)8-6-13-4-3-9-17-13/h3-5,7,9-10,15-16H,6,8H2,1-2H3. The van der Waals surface area contributed by atoms with Gasteiger partial charge in [-0.2, -0.15) is 0 Å². The molecule has 2 heteroatoms. The predicted molar refractivity (Wildman–Crippen MR) is 73.5 cm³/mol. The lowest BCUT2D eigenvalue weighted by molar-refractivity contribution is 0.167. The van der Waals surface area contributed by atoms with E-state index in [0.29, 0.717) is 0 Å². The molecule has 0 bridgehead atoms. The van der Waals surface area contributed by atoms with Crippen LogP contribution in [-0.4, -0.2) is 5.11 Å². The third-order valence-electron chi connectivity index (χ3n) is 3.03. The number of thiophene rings is 1. The Labute approximate surface area is 107 Å². The number of aryl methyl sites for hydroxylation is 3. The van der Waals surface area contributed by atoms with Crippen LogP contribution < -0.4 is 0 Å². The highest BCUT2D eigenvalue weighted by atomic mass is 32.1. The van der Waals surface area contributed by atoms with Gasteiger partial charge in [-0.25, -0.2) is 0 Å². The number of hydrogen-bond donors (Lipinski definition) is 1. The van der Waals surface area contributed by atoms with E-state index in [4.69, 9.17) is 0 Å². The van der Waals surface area contributed by atoms with Gasteiger partial charge in [0.2, 0.25) is 0 Å². The van der Waals surface area contributed by atoms with Gasteiger partial charge >= 0.3 is 0 Å². The fraction of sp³-hybridized carbons (Fsp3) is 0.333. The summed E-state index contributed by atoms with van der Waals surface area (Å²) in [5.74, 6) is 0. The first kappa shape index (κ1) is 12.3. The zero-order valence-corrected chi connectivity index (χ0v) is 11.1. The Kier molecular flexibility index (Phi) is 3.97. The zero-order valence-electron chi connectivity index (χ0n) is 10.3. The van der Waals surface area contributed by atoms with Gasteiger partial charge in [0, 0.05) is 4.88 Å². The lowest BCUT2D eigenvalue weighted by atomic mass is 9.98. The Morgan fingerprint density at radius 1 is 1.24 bits per heavy atom. The van der Waals surface area contributed by atoms with Crippen molar-refractivity contribution in [2.24, 2.45) is 0 Å². The summed E-state index contributed by atoms with van der Waals surface area (Å²) in [4.78, 5) is 1.34. The van der Waals surface area contributed by atoms with Crippen molar-refractivity contribution >= 4 is 11.3 Å². The molecule has 17 heavy (non-hydrogen) atoms. The first-order chi connectivity index (χ1) is 8.16. The quantitative estimate of drug-likeness (QED) is 0.863. The highest BCUT2D eigenvalue weighted by molar-refractivity contribution is 7.09. The topological polar surface area (TPSA) is 20.2 Å². The number of aliphatic hydroxyl groups is 1. The van der Waals surface area contributed by atoms with E-state index >= 15 is 0 Å². The Balaban J connectivity index is 2.01. The lowest BCUT2D eigenvalue weighted by Crippen LogP contribution is -2.01. The smallest absolute Gasteiger partial charge is 0.0796 e. The minimum Gasteiger partial charge on any atom is -0.388 e. The summed E-state index contributed by atoms with van der Waals surface area (Å²) in [5.41, 5.74) is 3.49. The van der Waals surface area contributed by atoms with E-state index < -0.39 is 0 Å². The van der Waals surface area contributed by atoms with Crippen molar-refractivity contribution in [3.63, 3.8) is 0 Å². The number of benzene rings is 1. The molecule has 0 spiro atoms. The van der Waals surface area contributed by atoms with Gasteiger partial charge in [-0.05, 0) is 49.3 Å². The molecule has 1 atom stereocenters. The monoisotopic (exact) mass is 246 g/mol. The van der Waals surface area contributed by atoms with Crippen LogP contribution in [0.25, 0.3) is 0 Å². The molecule has 0 amide bonds. The minimum absolute atomic E-state index is 0.349. The molecular weight excluding hydrogens is 228 g/mol. The van der Waals surface area contributed by atoms with Crippen LogP contribution in [0.2, 0.25) is 0 Å². The molecule has 1 heterocycles. The zero-order chi connectivity index (χ0) is 12.3. The maximum absolute atomic E-state index is 10.2. The van der Waals surface area contributed by atoms with E-state index in [1.165, 1.54) is 16.0 Å². The molecule has 0 saturated heterocycles. The Morgan fingerprint density at radius 3 is 2.71 bits per heavy atom. The second-order valence-electron chi connectivity index (χ2n) is 4.49. The van der Waals surface area contributed by atoms with E-state index in [9.17, 15) is 5.11 Å². The molecule has 2 aromatic rings.